The molecule has 1 aliphatic heterocycles. The maximum atomic E-state index is 12.9. The van der Waals surface area contributed by atoms with Gasteiger partial charge in [-0.25, -0.2) is 4.79 Å². The monoisotopic (exact) mass is 622 g/mol. The molecule has 0 amide bonds. The molecular formula is C29H37F3N4O6Si. The van der Waals surface area contributed by atoms with Crippen LogP contribution in [0.25, 0.3) is 0 Å². The van der Waals surface area contributed by atoms with E-state index in [0.29, 0.717) is 6.42 Å². The topological polar surface area (TPSA) is 126 Å². The number of Topliss-reactive ketones (excluding diaryl/α,β-unsaturated/α-hetero) is 1. The molecule has 1 saturated heterocycles. The fourth-order valence-electron chi connectivity index (χ4n) is 4.27. The van der Waals surface area contributed by atoms with E-state index in [2.05, 4.69) is 56.0 Å². The molecule has 2 aromatic rings. The summed E-state index contributed by atoms with van der Waals surface area (Å²) in [4.78, 5) is 39.0. The Balaban J connectivity index is 1.67. The van der Waals surface area contributed by atoms with E-state index in [1.807, 2.05) is 6.92 Å². The van der Waals surface area contributed by atoms with Crippen molar-refractivity contribution in [3.63, 3.8) is 0 Å². The molecule has 43 heavy (non-hydrogen) atoms. The molecule has 1 aliphatic rings. The van der Waals surface area contributed by atoms with Gasteiger partial charge in [0, 0.05) is 49.2 Å². The van der Waals surface area contributed by atoms with Crippen molar-refractivity contribution >= 4 is 25.6 Å². The average Bonchev–Trinajstić information content (AvgIpc) is 3.30. The lowest BCUT2D eigenvalue weighted by Crippen LogP contribution is -2.45. The number of nitro groups is 1. The summed E-state index contributed by atoms with van der Waals surface area (Å²) in [6.07, 6.45) is -4.05. The molecule has 1 aromatic carbocycles. The first kappa shape index (κ1) is 34.0. The highest BCUT2D eigenvalue weighted by Gasteiger charge is 2.44. The SMILES string of the molecule is CC[C@H]1O[C@@H](n2ccc(NCc3ccc(C#CCCC(=O)C(F)(F)F)cc3[N+](=O)[O-])nc2=O)C[C@H]1O[Si](C)(C)C(C)(C)C. The summed E-state index contributed by atoms with van der Waals surface area (Å²) in [5.74, 6) is 3.32. The smallest absolute Gasteiger partial charge is 0.411 e. The standard InChI is InChI=1S/C29H37F3N4O6Si/c1-7-22-23(42-43(5,6)28(2,3)4)17-26(41-22)35-15-14-25(34-27(35)38)33-18-20-13-12-19(16-21(20)36(39)40)10-8-9-11-24(37)29(30,31)32/h12-16,22-23,26H,7,9,11,17-18H2,1-6H3,(H,33,34,38)/t22-,23-,26-/m1/s1. The number of carbonyl (C=O) groups is 1. The number of hydrogen-bond acceptors (Lipinski definition) is 8. The van der Waals surface area contributed by atoms with Crippen LogP contribution in [0.1, 0.15) is 70.7 Å². The highest BCUT2D eigenvalue weighted by Crippen LogP contribution is 2.41. The highest BCUT2D eigenvalue weighted by molar-refractivity contribution is 6.74. The molecule has 0 unspecified atom stereocenters. The summed E-state index contributed by atoms with van der Waals surface area (Å²) >= 11 is 0. The first-order valence-corrected chi connectivity index (χ1v) is 16.9. The van der Waals surface area contributed by atoms with Crippen LogP contribution in [0.3, 0.4) is 0 Å². The van der Waals surface area contributed by atoms with E-state index in [1.54, 1.807) is 12.3 Å². The molecule has 0 spiro atoms. The second kappa shape index (κ2) is 13.4. The van der Waals surface area contributed by atoms with E-state index in [1.165, 1.54) is 22.8 Å². The number of rotatable bonds is 10. The van der Waals surface area contributed by atoms with Gasteiger partial charge in [0.2, 0.25) is 5.78 Å². The fraction of sp³-hybridized carbons (Fsp3) is 0.552. The van der Waals surface area contributed by atoms with Crippen LogP contribution in [0.5, 0.6) is 0 Å². The third-order valence-electron chi connectivity index (χ3n) is 7.74. The number of benzene rings is 1. The van der Waals surface area contributed by atoms with Crippen LogP contribution in [-0.4, -0.2) is 47.0 Å². The molecular weight excluding hydrogens is 585 g/mol. The summed E-state index contributed by atoms with van der Waals surface area (Å²) in [5, 5.41) is 14.6. The second-order valence-electron chi connectivity index (χ2n) is 11.9. The largest absolute Gasteiger partial charge is 0.450 e. The minimum atomic E-state index is -4.92. The third-order valence-corrected chi connectivity index (χ3v) is 12.2. The molecule has 14 heteroatoms. The van der Waals surface area contributed by atoms with Gasteiger partial charge < -0.3 is 14.5 Å². The Morgan fingerprint density at radius 3 is 2.56 bits per heavy atom. The first-order valence-electron chi connectivity index (χ1n) is 14.0. The number of hydrogen-bond donors (Lipinski definition) is 1. The van der Waals surface area contributed by atoms with Gasteiger partial charge in [-0.05, 0) is 42.8 Å². The van der Waals surface area contributed by atoms with Gasteiger partial charge in [-0.15, -0.1) is 0 Å². The van der Waals surface area contributed by atoms with Gasteiger partial charge in [-0.2, -0.15) is 18.2 Å². The minimum Gasteiger partial charge on any atom is -0.411 e. The van der Waals surface area contributed by atoms with Crippen molar-refractivity contribution in [1.82, 2.24) is 9.55 Å². The molecule has 1 aromatic heterocycles. The van der Waals surface area contributed by atoms with E-state index in [9.17, 15) is 32.9 Å². The number of halogens is 3. The Morgan fingerprint density at radius 2 is 1.98 bits per heavy atom. The van der Waals surface area contributed by atoms with Crippen molar-refractivity contribution in [1.29, 1.82) is 0 Å². The molecule has 3 atom stereocenters. The zero-order chi connectivity index (χ0) is 32.2. The predicted molar refractivity (Wildman–Crippen MR) is 157 cm³/mol. The van der Waals surface area contributed by atoms with Gasteiger partial charge in [0.15, 0.2) is 8.32 Å². The number of nitro benzene ring substituents is 1. The van der Waals surface area contributed by atoms with E-state index >= 15 is 0 Å². The van der Waals surface area contributed by atoms with Crippen molar-refractivity contribution in [2.24, 2.45) is 0 Å². The molecule has 0 bridgehead atoms. The van der Waals surface area contributed by atoms with Crippen LogP contribution in [0, 0.1) is 22.0 Å². The summed E-state index contributed by atoms with van der Waals surface area (Å²) < 4.78 is 51.1. The maximum Gasteiger partial charge on any atom is 0.450 e. The Kier molecular flexibility index (Phi) is 10.6. The van der Waals surface area contributed by atoms with E-state index < -0.39 is 43.5 Å². The molecule has 234 valence electrons. The number of aromatic nitrogens is 2. The second-order valence-corrected chi connectivity index (χ2v) is 16.6. The van der Waals surface area contributed by atoms with Crippen LogP contribution in [0.15, 0.2) is 35.3 Å². The summed E-state index contributed by atoms with van der Waals surface area (Å²) in [5.41, 5.74) is -0.309. The Bertz CT molecular complexity index is 1460. The van der Waals surface area contributed by atoms with Gasteiger partial charge in [-0.3, -0.25) is 19.5 Å². The van der Waals surface area contributed by atoms with Crippen molar-refractivity contribution in [2.75, 3.05) is 5.32 Å². The van der Waals surface area contributed by atoms with E-state index in [-0.39, 0.29) is 52.8 Å². The molecule has 3 rings (SSSR count). The summed E-state index contributed by atoms with van der Waals surface area (Å²) in [6.45, 7) is 12.9. The number of nitrogens with one attached hydrogen (secondary N) is 1. The Labute approximate surface area is 249 Å². The molecule has 0 radical (unpaired) electrons. The van der Waals surface area contributed by atoms with Crippen molar-refractivity contribution in [2.45, 2.75) is 103 Å². The van der Waals surface area contributed by atoms with Gasteiger partial charge in [0.25, 0.3) is 5.69 Å². The number of alkyl halides is 3. The van der Waals surface area contributed by atoms with Gasteiger partial charge in [0.1, 0.15) is 12.0 Å². The summed E-state index contributed by atoms with van der Waals surface area (Å²) in [6, 6.07) is 5.72. The van der Waals surface area contributed by atoms with E-state index in [4.69, 9.17) is 9.16 Å². The molecule has 0 aliphatic carbocycles. The first-order chi connectivity index (χ1) is 19.9. The number of carbonyl (C=O) groups excluding carboxylic acids is 1. The van der Waals surface area contributed by atoms with Crippen LogP contribution in [-0.2, 0) is 20.5 Å². The lowest BCUT2D eigenvalue weighted by molar-refractivity contribution is -0.385. The zero-order valence-electron chi connectivity index (χ0n) is 25.1. The minimum absolute atomic E-state index is 0.0269. The molecule has 10 nitrogen and oxygen atoms in total. The lowest BCUT2D eigenvalue weighted by atomic mass is 10.1. The highest BCUT2D eigenvalue weighted by atomic mass is 28.4. The number of anilines is 1. The third kappa shape index (κ3) is 8.74. The van der Waals surface area contributed by atoms with Crippen LogP contribution in [0.2, 0.25) is 18.1 Å². The Hall–Kier alpha value is -3.54. The van der Waals surface area contributed by atoms with Gasteiger partial charge in [-0.1, -0.05) is 39.5 Å². The fourth-order valence-corrected chi connectivity index (χ4v) is 5.63. The van der Waals surface area contributed by atoms with Gasteiger partial charge >= 0.3 is 11.9 Å². The van der Waals surface area contributed by atoms with Crippen molar-refractivity contribution < 1.29 is 32.1 Å². The van der Waals surface area contributed by atoms with Crippen LogP contribution >= 0.6 is 0 Å². The maximum absolute atomic E-state index is 12.9. The summed E-state index contributed by atoms with van der Waals surface area (Å²) in [7, 11) is -2.06. The lowest BCUT2D eigenvalue weighted by Gasteiger charge is -2.39. The molecule has 2 heterocycles. The van der Waals surface area contributed by atoms with Crippen molar-refractivity contribution in [3.8, 4) is 11.8 Å². The number of ether oxygens (including phenoxy) is 1. The zero-order valence-corrected chi connectivity index (χ0v) is 26.1. The quantitative estimate of drug-likeness (QED) is 0.146. The predicted octanol–water partition coefficient (Wildman–Crippen LogP) is 6.11. The molecule has 1 fully saturated rings. The number of nitrogens with zero attached hydrogens (tertiary/aromatic N) is 3. The Morgan fingerprint density at radius 1 is 1.28 bits per heavy atom. The van der Waals surface area contributed by atoms with Gasteiger partial charge in [0.05, 0.1) is 17.1 Å². The van der Waals surface area contributed by atoms with Crippen molar-refractivity contribution in [3.05, 3.63) is 62.2 Å². The molecule has 0 saturated carbocycles. The molecule has 1 N–H and O–H groups in total. The van der Waals surface area contributed by atoms with E-state index in [0.717, 1.165) is 6.42 Å². The average molecular weight is 623 g/mol. The normalized spacial score (nSPS) is 19.0. The van der Waals surface area contributed by atoms with Crippen LogP contribution < -0.4 is 11.0 Å². The van der Waals surface area contributed by atoms with Crippen LogP contribution in [0.4, 0.5) is 24.7 Å². The number of ketones is 1.